The van der Waals surface area contributed by atoms with Gasteiger partial charge >= 0.3 is 11.7 Å². The van der Waals surface area contributed by atoms with Crippen LogP contribution in [-0.4, -0.2) is 32.5 Å². The molecule has 9 heteroatoms. The number of nitrogens with one attached hydrogen (secondary N) is 1. The number of rotatable bonds is 7. The highest BCUT2D eigenvalue weighted by atomic mass is 16.5. The summed E-state index contributed by atoms with van der Waals surface area (Å²) in [6.07, 6.45) is 0.579. The molecule has 3 rings (SSSR count). The third-order valence-corrected chi connectivity index (χ3v) is 4.97. The summed E-state index contributed by atoms with van der Waals surface area (Å²) in [5.41, 5.74) is 6.59. The van der Waals surface area contributed by atoms with Crippen LogP contribution in [0.1, 0.15) is 45.4 Å². The third kappa shape index (κ3) is 4.20. The molecule has 0 saturated carbocycles. The summed E-state index contributed by atoms with van der Waals surface area (Å²) in [7, 11) is 0. The predicted molar refractivity (Wildman–Crippen MR) is 116 cm³/mol. The van der Waals surface area contributed by atoms with Crippen LogP contribution < -0.4 is 17.0 Å². The number of nitrogen functional groups attached to an aromatic ring is 1. The van der Waals surface area contributed by atoms with Gasteiger partial charge in [0.15, 0.2) is 6.61 Å². The van der Waals surface area contributed by atoms with Crippen molar-refractivity contribution in [1.82, 2.24) is 14.1 Å². The summed E-state index contributed by atoms with van der Waals surface area (Å²) in [6, 6.07) is 11.2. The summed E-state index contributed by atoms with van der Waals surface area (Å²) >= 11 is 0. The van der Waals surface area contributed by atoms with Gasteiger partial charge in [0, 0.05) is 23.6 Å². The van der Waals surface area contributed by atoms with Crippen LogP contribution in [-0.2, 0) is 11.3 Å². The van der Waals surface area contributed by atoms with Crippen molar-refractivity contribution in [2.75, 3.05) is 12.3 Å². The quantitative estimate of drug-likeness (QED) is 0.441. The number of carbonyl (C=O) groups is 2. The van der Waals surface area contributed by atoms with Crippen LogP contribution in [0.25, 0.3) is 5.69 Å². The Morgan fingerprint density at radius 1 is 1.13 bits per heavy atom. The highest BCUT2D eigenvalue weighted by Gasteiger charge is 2.23. The van der Waals surface area contributed by atoms with Gasteiger partial charge in [0.05, 0.1) is 5.56 Å². The van der Waals surface area contributed by atoms with E-state index in [0.717, 1.165) is 15.9 Å². The second kappa shape index (κ2) is 8.86. The number of anilines is 1. The number of benzene rings is 1. The van der Waals surface area contributed by atoms with Crippen LogP contribution in [0.4, 0.5) is 5.82 Å². The molecule has 0 radical (unpaired) electrons. The van der Waals surface area contributed by atoms with E-state index < -0.39 is 35.2 Å². The number of para-hydroxylation sites is 1. The van der Waals surface area contributed by atoms with Gasteiger partial charge in [-0.1, -0.05) is 25.1 Å². The van der Waals surface area contributed by atoms with E-state index in [4.69, 9.17) is 10.5 Å². The highest BCUT2D eigenvalue weighted by Crippen LogP contribution is 2.21. The molecule has 0 aliphatic heterocycles. The van der Waals surface area contributed by atoms with Crippen molar-refractivity contribution in [1.29, 1.82) is 0 Å². The Balaban J connectivity index is 1.83. The minimum absolute atomic E-state index is 0.237. The fourth-order valence-corrected chi connectivity index (χ4v) is 3.53. The van der Waals surface area contributed by atoms with E-state index in [1.807, 2.05) is 48.7 Å². The van der Waals surface area contributed by atoms with E-state index in [2.05, 4.69) is 4.98 Å². The number of aromatic amines is 1. The van der Waals surface area contributed by atoms with Gasteiger partial charge < -0.3 is 15.0 Å². The lowest BCUT2D eigenvalue weighted by atomic mass is 10.2. The Morgan fingerprint density at radius 3 is 2.45 bits per heavy atom. The normalized spacial score (nSPS) is 10.8. The van der Waals surface area contributed by atoms with Crippen LogP contribution in [0.5, 0.6) is 0 Å². The van der Waals surface area contributed by atoms with Gasteiger partial charge in [-0.2, -0.15) is 0 Å². The number of ketones is 1. The van der Waals surface area contributed by atoms with Crippen molar-refractivity contribution in [3.05, 3.63) is 79.8 Å². The molecule has 0 spiro atoms. The fourth-order valence-electron chi connectivity index (χ4n) is 3.53. The number of nitrogens with zero attached hydrogens (tertiary/aromatic N) is 2. The number of aryl methyl sites for hydroxylation is 1. The molecule has 0 amide bonds. The Kier molecular flexibility index (Phi) is 6.24. The summed E-state index contributed by atoms with van der Waals surface area (Å²) in [5.74, 6) is -1.71. The maximum absolute atomic E-state index is 12.6. The SMILES string of the molecule is CCCn1c(N)c(C(=O)COC(=O)c2cc(C)n(-c3ccccc3)c2C)c(=O)[nH]c1=O. The van der Waals surface area contributed by atoms with Gasteiger partial charge in [-0.15, -0.1) is 0 Å². The number of esters is 1. The molecule has 0 atom stereocenters. The third-order valence-electron chi connectivity index (χ3n) is 4.97. The summed E-state index contributed by atoms with van der Waals surface area (Å²) in [6.45, 7) is 5.03. The van der Waals surface area contributed by atoms with E-state index >= 15 is 0 Å². The number of ether oxygens (including phenoxy) is 1. The molecule has 0 aliphatic rings. The Bertz CT molecular complexity index is 1250. The van der Waals surface area contributed by atoms with Crippen LogP contribution >= 0.6 is 0 Å². The van der Waals surface area contributed by atoms with Crippen molar-refractivity contribution in [2.45, 2.75) is 33.7 Å². The number of hydrogen-bond donors (Lipinski definition) is 2. The lowest BCUT2D eigenvalue weighted by Crippen LogP contribution is -2.37. The van der Waals surface area contributed by atoms with Crippen LogP contribution in [0.2, 0.25) is 0 Å². The largest absolute Gasteiger partial charge is 0.454 e. The molecule has 0 unspecified atom stereocenters. The molecular formula is C22H24N4O5. The zero-order chi connectivity index (χ0) is 22.7. The van der Waals surface area contributed by atoms with E-state index in [-0.39, 0.29) is 12.4 Å². The first-order valence-corrected chi connectivity index (χ1v) is 9.83. The molecule has 3 N–H and O–H groups in total. The Labute approximate surface area is 178 Å². The monoisotopic (exact) mass is 424 g/mol. The van der Waals surface area contributed by atoms with Crippen LogP contribution in [0.15, 0.2) is 46.0 Å². The van der Waals surface area contributed by atoms with Crippen molar-refractivity contribution >= 4 is 17.6 Å². The summed E-state index contributed by atoms with van der Waals surface area (Å²) in [5, 5.41) is 0. The molecule has 2 heterocycles. The molecule has 9 nitrogen and oxygen atoms in total. The number of H-pyrrole nitrogens is 1. The molecule has 3 aromatic rings. The van der Waals surface area contributed by atoms with Gasteiger partial charge in [0.1, 0.15) is 11.4 Å². The zero-order valence-corrected chi connectivity index (χ0v) is 17.6. The fraction of sp³-hybridized carbons (Fsp3) is 0.273. The molecule has 0 saturated heterocycles. The van der Waals surface area contributed by atoms with Gasteiger partial charge in [-0.05, 0) is 38.5 Å². The number of carbonyl (C=O) groups excluding carboxylic acids is 2. The Hall–Kier alpha value is -3.88. The maximum atomic E-state index is 12.6. The van der Waals surface area contributed by atoms with Crippen LogP contribution in [0, 0.1) is 13.8 Å². The molecule has 2 aromatic heterocycles. The molecular weight excluding hydrogens is 400 g/mol. The van der Waals surface area contributed by atoms with Gasteiger partial charge in [0.25, 0.3) is 5.56 Å². The second-order valence-electron chi connectivity index (χ2n) is 7.13. The zero-order valence-electron chi connectivity index (χ0n) is 17.6. The van der Waals surface area contributed by atoms with Gasteiger partial charge in [-0.25, -0.2) is 9.59 Å². The molecule has 0 aliphatic carbocycles. The molecule has 162 valence electrons. The van der Waals surface area contributed by atoms with Crippen molar-refractivity contribution in [3.63, 3.8) is 0 Å². The molecule has 31 heavy (non-hydrogen) atoms. The van der Waals surface area contributed by atoms with E-state index in [1.54, 1.807) is 13.0 Å². The van der Waals surface area contributed by atoms with Gasteiger partial charge in [0.2, 0.25) is 5.78 Å². The van der Waals surface area contributed by atoms with Crippen LogP contribution in [0.3, 0.4) is 0 Å². The molecule has 0 bridgehead atoms. The number of hydrogen-bond acceptors (Lipinski definition) is 6. The second-order valence-corrected chi connectivity index (χ2v) is 7.13. The van der Waals surface area contributed by atoms with E-state index in [9.17, 15) is 19.2 Å². The van der Waals surface area contributed by atoms with E-state index in [1.165, 1.54) is 0 Å². The Morgan fingerprint density at radius 2 is 1.81 bits per heavy atom. The minimum Gasteiger partial charge on any atom is -0.454 e. The van der Waals surface area contributed by atoms with E-state index in [0.29, 0.717) is 17.7 Å². The minimum atomic E-state index is -0.904. The molecule has 1 aromatic carbocycles. The average molecular weight is 424 g/mol. The van der Waals surface area contributed by atoms with Gasteiger partial charge in [-0.3, -0.25) is 19.1 Å². The lowest BCUT2D eigenvalue weighted by Gasteiger charge is -2.11. The summed E-state index contributed by atoms with van der Waals surface area (Å²) in [4.78, 5) is 51.3. The first-order chi connectivity index (χ1) is 14.8. The topological polar surface area (TPSA) is 129 Å². The van der Waals surface area contributed by atoms with Crippen molar-refractivity contribution < 1.29 is 14.3 Å². The number of nitrogens with two attached hydrogens (primary N) is 1. The highest BCUT2D eigenvalue weighted by molar-refractivity contribution is 6.02. The number of aromatic nitrogens is 3. The maximum Gasteiger partial charge on any atom is 0.340 e. The first-order valence-electron chi connectivity index (χ1n) is 9.83. The average Bonchev–Trinajstić information content (AvgIpc) is 3.03. The predicted octanol–water partition coefficient (Wildman–Crippen LogP) is 1.98. The lowest BCUT2D eigenvalue weighted by molar-refractivity contribution is 0.0473. The standard InChI is InChI=1S/C22H24N4O5/c1-4-10-25-19(23)18(20(28)24-22(25)30)17(27)12-31-21(29)16-11-13(2)26(14(16)3)15-8-6-5-7-9-15/h5-9,11H,4,10,12,23H2,1-3H3,(H,24,28,30). The smallest absolute Gasteiger partial charge is 0.340 e. The first kappa shape index (κ1) is 21.8. The summed E-state index contributed by atoms with van der Waals surface area (Å²) < 4.78 is 8.19. The molecule has 0 fully saturated rings. The van der Waals surface area contributed by atoms with Crippen molar-refractivity contribution in [3.8, 4) is 5.69 Å². The number of Topliss-reactive ketones (excluding diaryl/α,β-unsaturated/α-hetero) is 1. The van der Waals surface area contributed by atoms with Crippen molar-refractivity contribution in [2.24, 2.45) is 0 Å².